The first-order valence-corrected chi connectivity index (χ1v) is 10.6. The van der Waals surface area contributed by atoms with Gasteiger partial charge in [-0.25, -0.2) is 0 Å². The number of carbonyl (C=O) groups is 1. The van der Waals surface area contributed by atoms with Crippen LogP contribution in [-0.2, 0) is 4.79 Å². The third-order valence-electron chi connectivity index (χ3n) is 4.20. The molecule has 1 fully saturated rings. The maximum atomic E-state index is 12.2. The molecule has 0 unspecified atom stereocenters. The number of ether oxygens (including phenoxy) is 4. The molecule has 0 radical (unpaired) electrons. The summed E-state index contributed by atoms with van der Waals surface area (Å²) < 4.78 is 23.0. The second-order valence-electron chi connectivity index (χ2n) is 6.26. The Morgan fingerprint density at radius 2 is 1.80 bits per heavy atom. The van der Waals surface area contributed by atoms with Crippen molar-refractivity contribution < 1.29 is 23.7 Å². The number of thiocarbonyl (C=S) groups is 1. The van der Waals surface area contributed by atoms with Gasteiger partial charge < -0.3 is 18.9 Å². The van der Waals surface area contributed by atoms with Gasteiger partial charge in [-0.05, 0) is 42.8 Å². The lowest BCUT2D eigenvalue weighted by Crippen LogP contribution is -2.22. The largest absolute Gasteiger partial charge is 0.497 e. The average molecular weight is 446 g/mol. The van der Waals surface area contributed by atoms with E-state index in [1.54, 1.807) is 20.2 Å². The number of likely N-dealkylation sites (N-methyl/N-ethyl adjacent to an activating group) is 1. The minimum Gasteiger partial charge on any atom is -0.497 e. The van der Waals surface area contributed by atoms with Crippen molar-refractivity contribution in [3.05, 3.63) is 52.9 Å². The Morgan fingerprint density at radius 3 is 2.50 bits per heavy atom. The quantitative estimate of drug-likeness (QED) is 0.322. The Morgan fingerprint density at radius 1 is 1.03 bits per heavy atom. The minimum atomic E-state index is -0.0991. The van der Waals surface area contributed by atoms with Gasteiger partial charge in [-0.1, -0.05) is 36.1 Å². The Bertz CT molecular complexity index is 960. The summed E-state index contributed by atoms with van der Waals surface area (Å²) in [6.07, 6.45) is 1.81. The van der Waals surface area contributed by atoms with Crippen molar-refractivity contribution in [2.45, 2.75) is 6.92 Å². The number of hydrogen-bond donors (Lipinski definition) is 0. The van der Waals surface area contributed by atoms with Crippen LogP contribution in [0.3, 0.4) is 0 Å². The first-order chi connectivity index (χ1) is 14.5. The zero-order valence-electron chi connectivity index (χ0n) is 17.0. The van der Waals surface area contributed by atoms with Gasteiger partial charge in [0, 0.05) is 13.1 Å². The molecule has 8 heteroatoms. The molecule has 0 spiro atoms. The van der Waals surface area contributed by atoms with Gasteiger partial charge in [0.2, 0.25) is 0 Å². The lowest BCUT2D eigenvalue weighted by atomic mass is 10.2. The summed E-state index contributed by atoms with van der Waals surface area (Å²) in [6, 6.07) is 13.0. The van der Waals surface area contributed by atoms with Crippen LogP contribution in [0.5, 0.6) is 23.0 Å². The highest BCUT2D eigenvalue weighted by Gasteiger charge is 2.28. The topological polar surface area (TPSA) is 57.2 Å². The molecule has 2 aromatic carbocycles. The molecule has 6 nitrogen and oxygen atoms in total. The molecule has 30 heavy (non-hydrogen) atoms. The van der Waals surface area contributed by atoms with E-state index in [0.717, 1.165) is 11.3 Å². The molecule has 1 aliphatic rings. The predicted molar refractivity (Wildman–Crippen MR) is 123 cm³/mol. The monoisotopic (exact) mass is 445 g/mol. The lowest BCUT2D eigenvalue weighted by molar-refractivity contribution is -0.121. The van der Waals surface area contributed by atoms with Gasteiger partial charge in [-0.3, -0.25) is 9.69 Å². The first kappa shape index (κ1) is 22.0. The zero-order valence-corrected chi connectivity index (χ0v) is 18.7. The Kier molecular flexibility index (Phi) is 7.59. The third-order valence-corrected chi connectivity index (χ3v) is 5.69. The number of nitrogens with zero attached hydrogens (tertiary/aromatic N) is 1. The molecule has 1 amide bonds. The standard InChI is InChI=1S/C22H23NO5S2/c1-4-26-19-12-15(13-20-21(24)23(2)22(29)30-20)8-9-18(19)28-11-10-27-17-7-5-6-16(14-17)25-3/h5-9,12-14H,4,10-11H2,1-3H3. The van der Waals surface area contributed by atoms with Gasteiger partial charge in [0.05, 0.1) is 18.6 Å². The van der Waals surface area contributed by atoms with E-state index in [0.29, 0.717) is 46.3 Å². The Balaban J connectivity index is 1.63. The van der Waals surface area contributed by atoms with E-state index in [-0.39, 0.29) is 5.91 Å². The van der Waals surface area contributed by atoms with E-state index < -0.39 is 0 Å². The van der Waals surface area contributed by atoms with Crippen molar-refractivity contribution in [3.63, 3.8) is 0 Å². The molecular formula is C22H23NO5S2. The van der Waals surface area contributed by atoms with Crippen LogP contribution in [0.1, 0.15) is 12.5 Å². The van der Waals surface area contributed by atoms with Crippen LogP contribution in [0, 0.1) is 0 Å². The van der Waals surface area contributed by atoms with E-state index in [4.69, 9.17) is 31.2 Å². The van der Waals surface area contributed by atoms with Gasteiger partial charge in [0.15, 0.2) is 11.5 Å². The molecule has 2 aromatic rings. The molecule has 0 N–H and O–H groups in total. The highest BCUT2D eigenvalue weighted by Crippen LogP contribution is 2.34. The average Bonchev–Trinajstić information content (AvgIpc) is 2.99. The molecule has 1 heterocycles. The van der Waals surface area contributed by atoms with Crippen molar-refractivity contribution >= 4 is 40.3 Å². The molecule has 1 saturated heterocycles. The number of rotatable bonds is 9. The Hall–Kier alpha value is -2.71. The van der Waals surface area contributed by atoms with Gasteiger partial charge >= 0.3 is 0 Å². The van der Waals surface area contributed by atoms with Gasteiger partial charge in [0.1, 0.15) is 29.0 Å². The summed E-state index contributed by atoms with van der Waals surface area (Å²) >= 11 is 6.46. The molecule has 0 bridgehead atoms. The van der Waals surface area contributed by atoms with Crippen LogP contribution in [0.15, 0.2) is 47.4 Å². The zero-order chi connectivity index (χ0) is 21.5. The van der Waals surface area contributed by atoms with E-state index in [2.05, 4.69) is 0 Å². The van der Waals surface area contributed by atoms with Gasteiger partial charge in [-0.15, -0.1) is 0 Å². The summed E-state index contributed by atoms with van der Waals surface area (Å²) in [4.78, 5) is 14.3. The normalized spacial score (nSPS) is 14.9. The van der Waals surface area contributed by atoms with Gasteiger partial charge in [0.25, 0.3) is 5.91 Å². The lowest BCUT2D eigenvalue weighted by Gasteiger charge is -2.13. The summed E-state index contributed by atoms with van der Waals surface area (Å²) in [7, 11) is 3.29. The van der Waals surface area contributed by atoms with E-state index in [9.17, 15) is 4.79 Å². The number of carbonyl (C=O) groups excluding carboxylic acids is 1. The number of methoxy groups -OCH3 is 1. The summed E-state index contributed by atoms with van der Waals surface area (Å²) in [5.41, 5.74) is 0.840. The van der Waals surface area contributed by atoms with Crippen molar-refractivity contribution in [3.8, 4) is 23.0 Å². The molecule has 0 saturated carbocycles. The molecule has 1 aliphatic heterocycles. The van der Waals surface area contributed by atoms with Crippen molar-refractivity contribution in [1.29, 1.82) is 0 Å². The summed E-state index contributed by atoms with van der Waals surface area (Å²) in [6.45, 7) is 3.13. The number of hydrogen-bond acceptors (Lipinski definition) is 7. The maximum Gasteiger partial charge on any atom is 0.265 e. The number of benzene rings is 2. The van der Waals surface area contributed by atoms with Crippen LogP contribution in [0.25, 0.3) is 6.08 Å². The fourth-order valence-electron chi connectivity index (χ4n) is 2.70. The van der Waals surface area contributed by atoms with Crippen molar-refractivity contribution in [1.82, 2.24) is 4.90 Å². The fraction of sp³-hybridized carbons (Fsp3) is 0.273. The SMILES string of the molecule is CCOc1cc(C=C2SC(=S)N(C)C2=O)ccc1OCCOc1cccc(OC)c1. The summed E-state index contributed by atoms with van der Waals surface area (Å²) in [5.74, 6) is 2.58. The highest BCUT2D eigenvalue weighted by atomic mass is 32.2. The predicted octanol–water partition coefficient (Wildman–Crippen LogP) is 4.38. The highest BCUT2D eigenvalue weighted by molar-refractivity contribution is 8.26. The van der Waals surface area contributed by atoms with Crippen LogP contribution in [-0.4, -0.2) is 49.1 Å². The van der Waals surface area contributed by atoms with E-state index >= 15 is 0 Å². The first-order valence-electron chi connectivity index (χ1n) is 9.40. The summed E-state index contributed by atoms with van der Waals surface area (Å²) in [5, 5.41) is 0. The van der Waals surface area contributed by atoms with E-state index in [1.807, 2.05) is 49.4 Å². The minimum absolute atomic E-state index is 0.0991. The van der Waals surface area contributed by atoms with Crippen molar-refractivity contribution in [2.75, 3.05) is 34.0 Å². The molecule has 0 aliphatic carbocycles. The van der Waals surface area contributed by atoms with E-state index in [1.165, 1.54) is 16.7 Å². The molecular weight excluding hydrogens is 422 g/mol. The second kappa shape index (κ2) is 10.4. The second-order valence-corrected chi connectivity index (χ2v) is 7.93. The van der Waals surface area contributed by atoms with Crippen LogP contribution >= 0.6 is 24.0 Å². The Labute approximate surface area is 185 Å². The smallest absolute Gasteiger partial charge is 0.265 e. The van der Waals surface area contributed by atoms with Crippen LogP contribution < -0.4 is 18.9 Å². The molecule has 3 rings (SSSR count). The maximum absolute atomic E-state index is 12.2. The molecule has 158 valence electrons. The third kappa shape index (κ3) is 5.46. The molecule has 0 aromatic heterocycles. The van der Waals surface area contributed by atoms with Crippen molar-refractivity contribution in [2.24, 2.45) is 0 Å². The fourth-order valence-corrected chi connectivity index (χ4v) is 3.88. The number of amides is 1. The number of thioether (sulfide) groups is 1. The van der Waals surface area contributed by atoms with Crippen LogP contribution in [0.2, 0.25) is 0 Å². The van der Waals surface area contributed by atoms with Gasteiger partial charge in [-0.2, -0.15) is 0 Å². The molecule has 0 atom stereocenters. The van der Waals surface area contributed by atoms with Crippen LogP contribution in [0.4, 0.5) is 0 Å².